The number of β-amino-alcohol motifs (C(OH)–C–C–N with tert-alkyl or cyclic N) is 1. The summed E-state index contributed by atoms with van der Waals surface area (Å²) in [6.07, 6.45) is 6.05. The van der Waals surface area contributed by atoms with Gasteiger partial charge in [-0.2, -0.15) is 0 Å². The summed E-state index contributed by atoms with van der Waals surface area (Å²) < 4.78 is 1.89. The number of aliphatic hydroxyl groups is 1. The Morgan fingerprint density at radius 2 is 2.00 bits per heavy atom. The van der Waals surface area contributed by atoms with E-state index in [4.69, 9.17) is 0 Å². The predicted octanol–water partition coefficient (Wildman–Crippen LogP) is 2.45. The van der Waals surface area contributed by atoms with Crippen LogP contribution in [0.4, 0.5) is 5.82 Å². The van der Waals surface area contributed by atoms with E-state index in [9.17, 15) is 5.11 Å². The third-order valence-electron chi connectivity index (χ3n) is 4.72. The Morgan fingerprint density at radius 1 is 1.12 bits per heavy atom. The number of rotatable bonds is 6. The molecule has 6 heteroatoms. The molecule has 0 aliphatic carbocycles. The maximum Gasteiger partial charge on any atom is 0.140 e. The maximum atomic E-state index is 9.73. The Balaban J connectivity index is 1.44. The molecule has 0 saturated carbocycles. The molecule has 1 atom stereocenters. The minimum atomic E-state index is -0.185. The number of benzene rings is 1. The van der Waals surface area contributed by atoms with Gasteiger partial charge in [0.15, 0.2) is 0 Å². The van der Waals surface area contributed by atoms with E-state index in [1.165, 1.54) is 11.1 Å². The second-order valence-corrected chi connectivity index (χ2v) is 6.65. The van der Waals surface area contributed by atoms with Crippen molar-refractivity contribution in [2.45, 2.75) is 25.6 Å². The Labute approximate surface area is 153 Å². The fourth-order valence-electron chi connectivity index (χ4n) is 3.33. The van der Waals surface area contributed by atoms with Crippen molar-refractivity contribution in [1.82, 2.24) is 19.4 Å². The number of nitrogens with zero attached hydrogens (tertiary/aromatic N) is 4. The van der Waals surface area contributed by atoms with Crippen molar-refractivity contribution in [3.63, 3.8) is 0 Å². The molecule has 0 unspecified atom stereocenters. The van der Waals surface area contributed by atoms with Crippen LogP contribution in [0.15, 0.2) is 61.2 Å². The van der Waals surface area contributed by atoms with Crippen molar-refractivity contribution in [2.75, 3.05) is 18.4 Å². The molecule has 0 amide bonds. The number of aliphatic hydroxyl groups excluding tert-OH is 1. The largest absolute Gasteiger partial charge is 0.392 e. The Bertz CT molecular complexity index is 849. The number of imidazole rings is 1. The lowest BCUT2D eigenvalue weighted by Crippen LogP contribution is -2.22. The number of anilines is 1. The minimum absolute atomic E-state index is 0.185. The molecule has 3 heterocycles. The summed E-state index contributed by atoms with van der Waals surface area (Å²) in [7, 11) is 0. The summed E-state index contributed by atoms with van der Waals surface area (Å²) in [4.78, 5) is 11.0. The lowest BCUT2D eigenvalue weighted by atomic mass is 10.1. The summed E-state index contributed by atoms with van der Waals surface area (Å²) >= 11 is 0. The number of hydrogen-bond donors (Lipinski definition) is 2. The fourth-order valence-corrected chi connectivity index (χ4v) is 3.33. The van der Waals surface area contributed by atoms with Crippen LogP contribution in [0.1, 0.15) is 17.5 Å². The quantitative estimate of drug-likeness (QED) is 0.716. The minimum Gasteiger partial charge on any atom is -0.392 e. The molecule has 1 fully saturated rings. The van der Waals surface area contributed by atoms with Crippen LogP contribution in [0.2, 0.25) is 0 Å². The van der Waals surface area contributed by atoms with Crippen molar-refractivity contribution in [1.29, 1.82) is 0 Å². The van der Waals surface area contributed by atoms with E-state index in [1.807, 2.05) is 29.0 Å². The lowest BCUT2D eigenvalue weighted by Gasteiger charge is -2.18. The van der Waals surface area contributed by atoms with Crippen LogP contribution in [0.25, 0.3) is 5.82 Å². The molecular formula is C20H23N5O. The molecule has 3 aromatic rings. The van der Waals surface area contributed by atoms with Crippen molar-refractivity contribution in [2.24, 2.45) is 0 Å². The summed E-state index contributed by atoms with van der Waals surface area (Å²) in [5, 5.41) is 13.2. The number of nitrogens with one attached hydrogen (secondary N) is 1. The van der Waals surface area contributed by atoms with E-state index < -0.39 is 0 Å². The molecule has 134 valence electrons. The van der Waals surface area contributed by atoms with Gasteiger partial charge in [0.2, 0.25) is 0 Å². The first-order valence-electron chi connectivity index (χ1n) is 8.94. The van der Waals surface area contributed by atoms with Crippen LogP contribution in [0.5, 0.6) is 0 Å². The van der Waals surface area contributed by atoms with E-state index in [0.717, 1.165) is 37.7 Å². The molecule has 0 radical (unpaired) electrons. The Hall–Kier alpha value is -2.70. The molecule has 6 nitrogen and oxygen atoms in total. The topological polar surface area (TPSA) is 66.2 Å². The predicted molar refractivity (Wildman–Crippen MR) is 101 cm³/mol. The van der Waals surface area contributed by atoms with Gasteiger partial charge in [0.1, 0.15) is 18.0 Å². The zero-order valence-electron chi connectivity index (χ0n) is 14.6. The first-order valence-corrected chi connectivity index (χ1v) is 8.94. The maximum absolute atomic E-state index is 9.73. The van der Waals surface area contributed by atoms with Gasteiger partial charge >= 0.3 is 0 Å². The average Bonchev–Trinajstić information content (AvgIpc) is 3.33. The molecule has 1 saturated heterocycles. The number of pyridine rings is 1. The normalized spacial score (nSPS) is 17.5. The Kier molecular flexibility index (Phi) is 4.95. The first-order chi connectivity index (χ1) is 12.8. The van der Waals surface area contributed by atoms with E-state index in [1.54, 1.807) is 12.5 Å². The molecule has 1 aromatic carbocycles. The molecular weight excluding hydrogens is 326 g/mol. The van der Waals surface area contributed by atoms with Gasteiger partial charge in [0, 0.05) is 38.6 Å². The van der Waals surface area contributed by atoms with Crippen LogP contribution >= 0.6 is 0 Å². The number of hydrogen-bond acceptors (Lipinski definition) is 5. The van der Waals surface area contributed by atoms with Gasteiger partial charge in [-0.05, 0) is 29.7 Å². The summed E-state index contributed by atoms with van der Waals surface area (Å²) in [5.74, 6) is 1.68. The smallest absolute Gasteiger partial charge is 0.140 e. The van der Waals surface area contributed by atoms with E-state index in [2.05, 4.69) is 44.5 Å². The molecule has 4 rings (SSSR count). The van der Waals surface area contributed by atoms with Crippen molar-refractivity contribution in [3.8, 4) is 5.82 Å². The van der Waals surface area contributed by atoms with E-state index >= 15 is 0 Å². The van der Waals surface area contributed by atoms with Gasteiger partial charge in [-0.15, -0.1) is 0 Å². The Morgan fingerprint density at radius 3 is 2.77 bits per heavy atom. The van der Waals surface area contributed by atoms with Crippen LogP contribution < -0.4 is 5.32 Å². The van der Waals surface area contributed by atoms with Crippen molar-refractivity contribution in [3.05, 3.63) is 72.3 Å². The van der Waals surface area contributed by atoms with Gasteiger partial charge in [-0.1, -0.05) is 30.3 Å². The molecule has 1 aliphatic heterocycles. The third-order valence-corrected chi connectivity index (χ3v) is 4.72. The third kappa shape index (κ3) is 3.92. The second-order valence-electron chi connectivity index (χ2n) is 6.65. The summed E-state index contributed by atoms with van der Waals surface area (Å²) in [6.45, 7) is 3.30. The van der Waals surface area contributed by atoms with Crippen LogP contribution in [-0.4, -0.2) is 43.7 Å². The second kappa shape index (κ2) is 7.68. The summed E-state index contributed by atoms with van der Waals surface area (Å²) in [6, 6.07) is 14.4. The van der Waals surface area contributed by atoms with Gasteiger partial charge < -0.3 is 10.4 Å². The molecule has 2 aromatic heterocycles. The highest BCUT2D eigenvalue weighted by atomic mass is 16.3. The fraction of sp³-hybridized carbons (Fsp3) is 0.300. The number of aromatic nitrogens is 3. The SMILES string of the molecule is O[C@H]1CCN(Cc2ccccc2CNc2cccc(-n3ccnc3)n2)C1. The highest BCUT2D eigenvalue weighted by Crippen LogP contribution is 2.18. The van der Waals surface area contributed by atoms with Crippen molar-refractivity contribution >= 4 is 5.82 Å². The summed E-state index contributed by atoms with van der Waals surface area (Å²) in [5.41, 5.74) is 2.54. The van der Waals surface area contributed by atoms with Crippen molar-refractivity contribution < 1.29 is 5.11 Å². The van der Waals surface area contributed by atoms with Crippen LogP contribution in [0.3, 0.4) is 0 Å². The first kappa shape index (κ1) is 16.8. The van der Waals surface area contributed by atoms with Crippen LogP contribution in [0, 0.1) is 0 Å². The average molecular weight is 349 g/mol. The molecule has 0 bridgehead atoms. The highest BCUT2D eigenvalue weighted by Gasteiger charge is 2.20. The number of likely N-dealkylation sites (tertiary alicyclic amines) is 1. The molecule has 1 aliphatic rings. The highest BCUT2D eigenvalue weighted by molar-refractivity contribution is 5.41. The molecule has 26 heavy (non-hydrogen) atoms. The van der Waals surface area contributed by atoms with E-state index in [-0.39, 0.29) is 6.10 Å². The van der Waals surface area contributed by atoms with Gasteiger partial charge in [-0.25, -0.2) is 9.97 Å². The van der Waals surface area contributed by atoms with E-state index in [0.29, 0.717) is 6.54 Å². The standard InChI is InChI=1S/C20H23N5O/c26-18-8-10-24(14-18)13-17-5-2-1-4-16(17)12-22-19-6-3-7-20(23-19)25-11-9-21-15-25/h1-7,9,11,15,18,26H,8,10,12-14H2,(H,22,23)/t18-/m0/s1. The molecule has 0 spiro atoms. The van der Waals surface area contributed by atoms with Gasteiger partial charge in [0.05, 0.1) is 6.10 Å². The monoisotopic (exact) mass is 349 g/mol. The van der Waals surface area contributed by atoms with Gasteiger partial charge in [-0.3, -0.25) is 9.47 Å². The van der Waals surface area contributed by atoms with Crippen LogP contribution in [-0.2, 0) is 13.1 Å². The zero-order chi connectivity index (χ0) is 17.8. The zero-order valence-corrected chi connectivity index (χ0v) is 14.6. The molecule has 2 N–H and O–H groups in total. The lowest BCUT2D eigenvalue weighted by molar-refractivity contribution is 0.174. The van der Waals surface area contributed by atoms with Gasteiger partial charge in [0.25, 0.3) is 0 Å².